The van der Waals surface area contributed by atoms with Gasteiger partial charge in [0, 0.05) is 6.54 Å². The molecule has 1 saturated heterocycles. The van der Waals surface area contributed by atoms with E-state index in [2.05, 4.69) is 273 Å². The lowest BCUT2D eigenvalue weighted by molar-refractivity contribution is 0.00171. The molecule has 0 aromatic carbocycles. The molecule has 0 spiro atoms. The first-order valence-corrected chi connectivity index (χ1v) is 35.6. The van der Waals surface area contributed by atoms with Gasteiger partial charge in [-0.15, -0.1) is 0 Å². The fraction of sp³-hybridized carbons (Fsp3) is 0.977. The molecule has 0 radical (unpaired) electrons. The third-order valence-corrected chi connectivity index (χ3v) is 22.8. The standard InChI is InChI=1S/C14H29N.2C14H28.2C13H26.C13H24.5CH4/c1-13(2,3)11-8-9-15(7)10-12(11)14(4,5)6;2*1-13(2,3)11-9-7-8-10-12(11)14(4,5)6;3*1-12(2,3)10-8-7-9-11(10)13(4,5)6;;;;;/h11-12H,8-10H2,1-7H3;2*11-12H,7-10H2,1-6H3;2*10-11H,7-9H2,1-6H3;7-8,10-11H,9H2,1-6H3;5*1H4. The summed E-state index contributed by atoms with van der Waals surface area (Å²) in [4.78, 5) is 2.50. The lowest BCUT2D eigenvalue weighted by Crippen LogP contribution is -2.48. The zero-order chi connectivity index (χ0) is 64.6. The van der Waals surface area contributed by atoms with Crippen LogP contribution in [0, 0.1) is 136 Å². The average molecular weight is 1230 g/mol. The molecule has 5 fully saturated rings. The van der Waals surface area contributed by atoms with Gasteiger partial charge in [0.1, 0.15) is 0 Å². The van der Waals surface area contributed by atoms with Crippen LogP contribution in [-0.2, 0) is 0 Å². The fourth-order valence-corrected chi connectivity index (χ4v) is 17.9. The van der Waals surface area contributed by atoms with Crippen LogP contribution >= 0.6 is 0 Å². The summed E-state index contributed by atoms with van der Waals surface area (Å²) in [7, 11) is 2.26. The molecule has 1 heteroatoms. The second kappa shape index (κ2) is 36.0. The van der Waals surface area contributed by atoms with Crippen LogP contribution in [0.1, 0.15) is 389 Å². The lowest BCUT2D eigenvalue weighted by Gasteiger charge is -2.49. The van der Waals surface area contributed by atoms with Crippen LogP contribution in [-0.4, -0.2) is 25.0 Å². The van der Waals surface area contributed by atoms with Crippen molar-refractivity contribution in [3.63, 3.8) is 0 Å². The molecule has 87 heavy (non-hydrogen) atoms. The number of allylic oxidation sites excluding steroid dienone is 2. The van der Waals surface area contributed by atoms with Crippen molar-refractivity contribution in [3.8, 4) is 0 Å². The molecule has 5 aliphatic carbocycles. The minimum atomic E-state index is 0. The second-order valence-corrected chi connectivity index (χ2v) is 42.2. The SMILES string of the molecule is C.C.C.C.C.CC(C)(C)C1C=CCC1C(C)(C)C.CC(C)(C)C1CCCC1C(C)(C)C.CC(C)(C)C1CCCC1C(C)(C)C.CC(C)(C)C1CCCCC1C(C)(C)C.CC(C)(C)C1CCCCC1C(C)(C)C.CN1CCC(C(C)(C)C)C(C(C)(C)C)C1. The van der Waals surface area contributed by atoms with E-state index >= 15 is 0 Å². The molecule has 0 N–H and O–H groups in total. The molecule has 0 amide bonds. The number of piperidine rings is 1. The van der Waals surface area contributed by atoms with Crippen LogP contribution in [0.5, 0.6) is 0 Å². The summed E-state index contributed by atoms with van der Waals surface area (Å²) in [5.41, 5.74) is 5.79. The van der Waals surface area contributed by atoms with Gasteiger partial charge in [-0.3, -0.25) is 0 Å². The molecular weight excluding hydrogens is 1050 g/mol. The fourth-order valence-electron chi connectivity index (χ4n) is 17.9. The highest BCUT2D eigenvalue weighted by molar-refractivity contribution is 5.08. The molecule has 0 aromatic rings. The maximum Gasteiger partial charge on any atom is 0.00145 e. The second-order valence-electron chi connectivity index (χ2n) is 42.2. The number of rotatable bonds is 0. The van der Waals surface area contributed by atoms with Gasteiger partial charge in [-0.1, -0.05) is 337 Å². The molecule has 1 nitrogen and oxygen atoms in total. The first kappa shape index (κ1) is 95.4. The van der Waals surface area contributed by atoms with E-state index in [9.17, 15) is 0 Å². The van der Waals surface area contributed by atoms with E-state index in [1.165, 1.54) is 116 Å². The average Bonchev–Trinajstić information content (AvgIpc) is 4.08. The molecule has 6 aliphatic rings. The van der Waals surface area contributed by atoms with Crippen molar-refractivity contribution in [2.75, 3.05) is 20.1 Å². The maximum absolute atomic E-state index is 2.50. The van der Waals surface area contributed by atoms with E-state index in [1.807, 2.05) is 0 Å². The smallest absolute Gasteiger partial charge is 0.00145 e. The predicted octanol–water partition coefficient (Wildman–Crippen LogP) is 29.9. The summed E-state index contributed by atoms with van der Waals surface area (Å²) in [6.07, 6.45) is 27.7. The number of hydrogen-bond acceptors (Lipinski definition) is 1. The number of likely N-dealkylation sites (tertiary alicyclic amines) is 1. The Labute approximate surface area is 559 Å². The van der Waals surface area contributed by atoms with E-state index < -0.39 is 0 Å². The van der Waals surface area contributed by atoms with Crippen molar-refractivity contribution in [1.29, 1.82) is 0 Å². The maximum atomic E-state index is 2.50. The van der Waals surface area contributed by atoms with Gasteiger partial charge in [0.05, 0.1) is 0 Å². The molecule has 0 bridgehead atoms. The Morgan fingerprint density at radius 2 is 0.414 bits per heavy atom. The van der Waals surface area contributed by atoms with Crippen molar-refractivity contribution in [3.05, 3.63) is 12.2 Å². The predicted molar refractivity (Wildman–Crippen MR) is 410 cm³/mol. The highest BCUT2D eigenvalue weighted by Crippen LogP contribution is 2.54. The zero-order valence-corrected chi connectivity index (χ0v) is 64.3. The summed E-state index contributed by atoms with van der Waals surface area (Å²) in [5.74, 6) is 10.7. The lowest BCUT2D eigenvalue weighted by atomic mass is 9.59. The Morgan fingerprint density at radius 1 is 0.230 bits per heavy atom. The minimum absolute atomic E-state index is 0. The van der Waals surface area contributed by atoms with Crippen LogP contribution in [0.4, 0.5) is 0 Å². The molecule has 12 unspecified atom stereocenters. The van der Waals surface area contributed by atoms with Gasteiger partial charge in [-0.25, -0.2) is 0 Å². The molecule has 4 saturated carbocycles. The number of hydrogen-bond donors (Lipinski definition) is 0. The van der Waals surface area contributed by atoms with E-state index in [4.69, 9.17) is 0 Å². The monoisotopic (exact) mass is 1230 g/mol. The Hall–Kier alpha value is -0.300. The van der Waals surface area contributed by atoms with Gasteiger partial charge in [-0.05, 0) is 214 Å². The molecule has 1 aliphatic heterocycles. The molecule has 6 rings (SSSR count). The zero-order valence-electron chi connectivity index (χ0n) is 64.3. The topological polar surface area (TPSA) is 3.24 Å². The quantitative estimate of drug-likeness (QED) is 0.219. The van der Waals surface area contributed by atoms with Crippen LogP contribution < -0.4 is 0 Å². The van der Waals surface area contributed by atoms with Crippen LogP contribution in [0.15, 0.2) is 12.2 Å². The normalized spacial score (nSPS) is 28.7. The van der Waals surface area contributed by atoms with Gasteiger partial charge in [0.2, 0.25) is 0 Å². The van der Waals surface area contributed by atoms with E-state index in [-0.39, 0.29) is 37.1 Å². The number of nitrogens with zero attached hydrogens (tertiary/aromatic N) is 1. The third kappa shape index (κ3) is 32.1. The van der Waals surface area contributed by atoms with Crippen LogP contribution in [0.2, 0.25) is 0 Å². The first-order valence-electron chi connectivity index (χ1n) is 35.6. The van der Waals surface area contributed by atoms with Crippen molar-refractivity contribution in [2.24, 2.45) is 136 Å². The van der Waals surface area contributed by atoms with Gasteiger partial charge >= 0.3 is 0 Å². The van der Waals surface area contributed by atoms with Crippen LogP contribution in [0.3, 0.4) is 0 Å². The Kier molecular flexibility index (Phi) is 39.5. The Balaban J connectivity index is -0.000000306. The summed E-state index contributed by atoms with van der Waals surface area (Å²) in [6.45, 7) is 89.0. The summed E-state index contributed by atoms with van der Waals surface area (Å²) < 4.78 is 0. The van der Waals surface area contributed by atoms with E-state index in [1.54, 1.807) is 0 Å². The molecule has 12 atom stereocenters. The van der Waals surface area contributed by atoms with E-state index in [0.717, 1.165) is 71.0 Å². The summed E-state index contributed by atoms with van der Waals surface area (Å²) in [5, 5.41) is 0. The first-order chi connectivity index (χ1) is 36.3. The van der Waals surface area contributed by atoms with Crippen molar-refractivity contribution >= 4 is 0 Å². The Bertz CT molecular complexity index is 1590. The Morgan fingerprint density at radius 3 is 0.586 bits per heavy atom. The molecule has 530 valence electrons. The largest absolute Gasteiger partial charge is 0.306 e. The molecule has 0 aromatic heterocycles. The van der Waals surface area contributed by atoms with Crippen molar-refractivity contribution in [2.45, 2.75) is 389 Å². The van der Waals surface area contributed by atoms with Gasteiger partial charge < -0.3 is 4.90 Å². The summed E-state index contributed by atoms with van der Waals surface area (Å²) >= 11 is 0. The molecule has 1 heterocycles. The van der Waals surface area contributed by atoms with Crippen molar-refractivity contribution in [1.82, 2.24) is 4.90 Å². The van der Waals surface area contributed by atoms with Crippen LogP contribution in [0.25, 0.3) is 0 Å². The molecular formula is C86H181N. The highest BCUT2D eigenvalue weighted by Gasteiger charge is 2.46. The van der Waals surface area contributed by atoms with Crippen molar-refractivity contribution < 1.29 is 0 Å². The highest BCUT2D eigenvalue weighted by atomic mass is 15.1. The van der Waals surface area contributed by atoms with E-state index in [0.29, 0.717) is 65.0 Å². The van der Waals surface area contributed by atoms with Gasteiger partial charge in [0.25, 0.3) is 0 Å². The third-order valence-electron chi connectivity index (χ3n) is 22.8. The van der Waals surface area contributed by atoms with Gasteiger partial charge in [-0.2, -0.15) is 0 Å². The van der Waals surface area contributed by atoms with Gasteiger partial charge in [0.15, 0.2) is 0 Å². The summed E-state index contributed by atoms with van der Waals surface area (Å²) in [6, 6.07) is 0. The minimum Gasteiger partial charge on any atom is -0.306 e.